The number of benzene rings is 2. The van der Waals surface area contributed by atoms with Gasteiger partial charge in [0.15, 0.2) is 9.84 Å². The maximum Gasteiger partial charge on any atom is 0.254 e. The molecule has 0 spiro atoms. The summed E-state index contributed by atoms with van der Waals surface area (Å²) in [6.45, 7) is -0.163. The maximum absolute atomic E-state index is 12.4. The van der Waals surface area contributed by atoms with E-state index in [1.807, 2.05) is 0 Å². The molecule has 0 bridgehead atoms. The molecule has 0 aromatic heterocycles. The Morgan fingerprint density at radius 1 is 1.04 bits per heavy atom. The molecule has 144 valence electrons. The van der Waals surface area contributed by atoms with Crippen LogP contribution >= 0.6 is 23.2 Å². The zero-order valence-electron chi connectivity index (χ0n) is 14.7. The van der Waals surface area contributed by atoms with Gasteiger partial charge in [0, 0.05) is 24.6 Å². The SMILES string of the molecule is CN(CC(=O)Nc1ccc(Cl)c(Cl)c1)C(=O)c1ccc(CS(C)(=O)=O)cc1. The summed E-state index contributed by atoms with van der Waals surface area (Å²) in [7, 11) is -1.64. The lowest BCUT2D eigenvalue weighted by atomic mass is 10.1. The van der Waals surface area contributed by atoms with Crippen molar-refractivity contribution < 1.29 is 18.0 Å². The Kier molecular flexibility index (Phi) is 6.86. The van der Waals surface area contributed by atoms with Crippen LogP contribution in [0.5, 0.6) is 0 Å². The van der Waals surface area contributed by atoms with Crippen LogP contribution in [0, 0.1) is 0 Å². The number of sulfone groups is 1. The van der Waals surface area contributed by atoms with Crippen molar-refractivity contribution in [2.45, 2.75) is 5.75 Å². The highest BCUT2D eigenvalue weighted by atomic mass is 35.5. The molecule has 0 aliphatic carbocycles. The van der Waals surface area contributed by atoms with Crippen LogP contribution in [0.25, 0.3) is 0 Å². The molecule has 0 atom stereocenters. The molecule has 0 aliphatic heterocycles. The molecule has 0 radical (unpaired) electrons. The molecule has 2 rings (SSSR count). The molecule has 0 saturated carbocycles. The summed E-state index contributed by atoms with van der Waals surface area (Å²) in [5, 5.41) is 3.33. The lowest BCUT2D eigenvalue weighted by Crippen LogP contribution is -2.34. The topological polar surface area (TPSA) is 83.6 Å². The number of hydrogen-bond donors (Lipinski definition) is 1. The number of likely N-dealkylation sites (N-methyl/N-ethyl adjacent to an activating group) is 1. The van der Waals surface area contributed by atoms with Crippen LogP contribution in [0.4, 0.5) is 5.69 Å². The fourth-order valence-corrected chi connectivity index (χ4v) is 3.42. The van der Waals surface area contributed by atoms with Crippen molar-refractivity contribution >= 4 is 50.5 Å². The van der Waals surface area contributed by atoms with Gasteiger partial charge in [-0.05, 0) is 35.9 Å². The molecule has 2 amide bonds. The van der Waals surface area contributed by atoms with Gasteiger partial charge in [-0.25, -0.2) is 8.42 Å². The van der Waals surface area contributed by atoms with Crippen LogP contribution < -0.4 is 5.32 Å². The number of carbonyl (C=O) groups is 2. The van der Waals surface area contributed by atoms with Gasteiger partial charge in [0.25, 0.3) is 5.91 Å². The summed E-state index contributed by atoms with van der Waals surface area (Å²) < 4.78 is 22.6. The third-order valence-corrected chi connectivity index (χ3v) is 5.16. The Hall–Kier alpha value is -2.09. The lowest BCUT2D eigenvalue weighted by molar-refractivity contribution is -0.116. The summed E-state index contributed by atoms with van der Waals surface area (Å²) in [6.07, 6.45) is 1.15. The van der Waals surface area contributed by atoms with Gasteiger partial charge in [-0.15, -0.1) is 0 Å². The lowest BCUT2D eigenvalue weighted by Gasteiger charge is -2.17. The normalized spacial score (nSPS) is 11.1. The number of halogens is 2. The predicted molar refractivity (Wildman–Crippen MR) is 107 cm³/mol. The standard InChI is InChI=1S/C18H18Cl2N2O4S/c1-22(10-17(23)21-14-7-8-15(19)16(20)9-14)18(24)13-5-3-12(4-6-13)11-27(2,25)26/h3-9H,10-11H2,1-2H3,(H,21,23). The van der Waals surface area contributed by atoms with E-state index in [-0.39, 0.29) is 18.2 Å². The summed E-state index contributed by atoms with van der Waals surface area (Å²) in [6, 6.07) is 10.9. The third kappa shape index (κ3) is 6.53. The summed E-state index contributed by atoms with van der Waals surface area (Å²) in [5.74, 6) is -0.841. The smallest absolute Gasteiger partial charge is 0.254 e. The Morgan fingerprint density at radius 3 is 2.22 bits per heavy atom. The summed E-state index contributed by atoms with van der Waals surface area (Å²) in [5.41, 5.74) is 1.42. The van der Waals surface area contributed by atoms with E-state index in [4.69, 9.17) is 23.2 Å². The van der Waals surface area contributed by atoms with Crippen molar-refractivity contribution in [1.29, 1.82) is 0 Å². The summed E-state index contributed by atoms with van der Waals surface area (Å²) in [4.78, 5) is 25.8. The molecule has 6 nitrogen and oxygen atoms in total. The van der Waals surface area contributed by atoms with Crippen molar-refractivity contribution in [2.75, 3.05) is 25.2 Å². The van der Waals surface area contributed by atoms with Crippen molar-refractivity contribution in [3.63, 3.8) is 0 Å². The Bertz CT molecular complexity index is 960. The first-order chi connectivity index (χ1) is 12.5. The fourth-order valence-electron chi connectivity index (χ4n) is 2.33. The molecule has 9 heteroatoms. The second kappa shape index (κ2) is 8.73. The summed E-state index contributed by atoms with van der Waals surface area (Å²) >= 11 is 11.7. The number of carbonyl (C=O) groups excluding carboxylic acids is 2. The number of amides is 2. The van der Waals surface area contributed by atoms with Crippen LogP contribution in [0.2, 0.25) is 10.0 Å². The minimum Gasteiger partial charge on any atom is -0.332 e. The molecule has 0 fully saturated rings. The first-order valence-electron chi connectivity index (χ1n) is 7.82. The van der Waals surface area contributed by atoms with E-state index < -0.39 is 15.7 Å². The van der Waals surface area contributed by atoms with Crippen LogP contribution in [0.15, 0.2) is 42.5 Å². The van der Waals surface area contributed by atoms with Crippen molar-refractivity contribution in [3.8, 4) is 0 Å². The average molecular weight is 429 g/mol. The van der Waals surface area contributed by atoms with Gasteiger partial charge in [0.1, 0.15) is 0 Å². The molecule has 27 heavy (non-hydrogen) atoms. The van der Waals surface area contributed by atoms with E-state index >= 15 is 0 Å². The number of nitrogens with zero attached hydrogens (tertiary/aromatic N) is 1. The molecule has 0 unspecified atom stereocenters. The number of rotatable bonds is 6. The second-order valence-electron chi connectivity index (χ2n) is 6.11. The molecule has 0 saturated heterocycles. The van der Waals surface area contributed by atoms with Gasteiger partial charge in [-0.2, -0.15) is 0 Å². The van der Waals surface area contributed by atoms with Crippen LogP contribution in [0.3, 0.4) is 0 Å². The Morgan fingerprint density at radius 2 is 1.67 bits per heavy atom. The average Bonchev–Trinajstić information content (AvgIpc) is 2.56. The van der Waals surface area contributed by atoms with Gasteiger partial charge in [-0.3, -0.25) is 9.59 Å². The van der Waals surface area contributed by atoms with Crippen molar-refractivity contribution in [1.82, 2.24) is 4.90 Å². The number of nitrogens with one attached hydrogen (secondary N) is 1. The predicted octanol–water partition coefficient (Wildman–Crippen LogP) is 3.25. The molecular weight excluding hydrogens is 411 g/mol. The van der Waals surface area contributed by atoms with Crippen LogP contribution in [0.1, 0.15) is 15.9 Å². The fraction of sp³-hybridized carbons (Fsp3) is 0.222. The van der Waals surface area contributed by atoms with Gasteiger partial charge >= 0.3 is 0 Å². The maximum atomic E-state index is 12.4. The zero-order chi connectivity index (χ0) is 20.2. The highest BCUT2D eigenvalue weighted by Gasteiger charge is 2.16. The molecule has 0 heterocycles. The second-order valence-corrected chi connectivity index (χ2v) is 9.06. The van der Waals surface area contributed by atoms with Gasteiger partial charge in [-0.1, -0.05) is 35.3 Å². The largest absolute Gasteiger partial charge is 0.332 e. The third-order valence-electron chi connectivity index (χ3n) is 3.56. The van der Waals surface area contributed by atoms with E-state index in [2.05, 4.69) is 5.32 Å². The highest BCUT2D eigenvalue weighted by molar-refractivity contribution is 7.89. The van der Waals surface area contributed by atoms with Gasteiger partial charge < -0.3 is 10.2 Å². The molecule has 2 aromatic carbocycles. The number of hydrogen-bond acceptors (Lipinski definition) is 4. The van der Waals surface area contributed by atoms with Gasteiger partial charge in [0.05, 0.1) is 22.3 Å². The highest BCUT2D eigenvalue weighted by Crippen LogP contribution is 2.24. The molecule has 2 aromatic rings. The zero-order valence-corrected chi connectivity index (χ0v) is 17.0. The molecular formula is C18H18Cl2N2O4S. The minimum atomic E-state index is -3.14. The van der Waals surface area contributed by atoms with Gasteiger partial charge in [0.2, 0.25) is 5.91 Å². The van der Waals surface area contributed by atoms with Crippen LogP contribution in [-0.4, -0.2) is 45.0 Å². The minimum absolute atomic E-state index is 0.0939. The first kappa shape index (κ1) is 21.2. The quantitative estimate of drug-likeness (QED) is 0.764. The molecule has 0 aliphatic rings. The monoisotopic (exact) mass is 428 g/mol. The Balaban J connectivity index is 1.98. The van der Waals surface area contributed by atoms with E-state index in [0.717, 1.165) is 6.26 Å². The van der Waals surface area contributed by atoms with E-state index in [0.29, 0.717) is 26.9 Å². The first-order valence-corrected chi connectivity index (χ1v) is 10.6. The van der Waals surface area contributed by atoms with Crippen molar-refractivity contribution in [3.05, 3.63) is 63.6 Å². The van der Waals surface area contributed by atoms with Crippen molar-refractivity contribution in [2.24, 2.45) is 0 Å². The van der Waals surface area contributed by atoms with E-state index in [1.54, 1.807) is 24.3 Å². The Labute approximate surface area is 168 Å². The van der Waals surface area contributed by atoms with E-state index in [9.17, 15) is 18.0 Å². The number of anilines is 1. The molecule has 1 N–H and O–H groups in total. The van der Waals surface area contributed by atoms with E-state index in [1.165, 1.54) is 30.1 Å². The van der Waals surface area contributed by atoms with Crippen LogP contribution in [-0.2, 0) is 20.4 Å².